The van der Waals surface area contributed by atoms with Gasteiger partial charge in [-0.2, -0.15) is 5.10 Å². The molecule has 0 aliphatic carbocycles. The van der Waals surface area contributed by atoms with Crippen molar-refractivity contribution in [1.29, 1.82) is 0 Å². The molecule has 3 rings (SSSR count). The fourth-order valence-electron chi connectivity index (χ4n) is 3.93. The highest BCUT2D eigenvalue weighted by molar-refractivity contribution is 5.95. The van der Waals surface area contributed by atoms with Crippen molar-refractivity contribution in [2.24, 2.45) is 5.92 Å². The summed E-state index contributed by atoms with van der Waals surface area (Å²) in [6.45, 7) is 5.66. The molecule has 0 spiro atoms. The highest BCUT2D eigenvalue weighted by Crippen LogP contribution is 2.23. The molecular weight excluding hydrogens is 336 g/mol. The second kappa shape index (κ2) is 9.70. The zero-order chi connectivity index (χ0) is 19.1. The fourth-order valence-corrected chi connectivity index (χ4v) is 3.93. The Morgan fingerprint density at radius 3 is 2.63 bits per heavy atom. The highest BCUT2D eigenvalue weighted by Gasteiger charge is 2.26. The van der Waals surface area contributed by atoms with Gasteiger partial charge in [-0.05, 0) is 50.8 Å². The van der Waals surface area contributed by atoms with E-state index in [0.29, 0.717) is 0 Å². The topological polar surface area (TPSA) is 50.2 Å². The van der Waals surface area contributed by atoms with Gasteiger partial charge >= 0.3 is 0 Å². The summed E-state index contributed by atoms with van der Waals surface area (Å²) in [5, 5.41) is 7.79. The molecule has 0 unspecified atom stereocenters. The molecule has 0 saturated carbocycles. The molecule has 5 nitrogen and oxygen atoms in total. The summed E-state index contributed by atoms with van der Waals surface area (Å²) in [5.74, 6) is 0.891. The number of benzene rings is 1. The Labute approximate surface area is 162 Å². The van der Waals surface area contributed by atoms with Crippen molar-refractivity contribution in [2.45, 2.75) is 45.6 Å². The van der Waals surface area contributed by atoms with Crippen molar-refractivity contribution in [3.8, 4) is 0 Å². The van der Waals surface area contributed by atoms with Gasteiger partial charge in [-0.15, -0.1) is 0 Å². The number of likely N-dealkylation sites (tertiary alicyclic amines) is 1. The van der Waals surface area contributed by atoms with Gasteiger partial charge in [0.1, 0.15) is 0 Å². The molecule has 0 radical (unpaired) electrons. The minimum Gasteiger partial charge on any atom is -0.339 e. The first-order valence-electron chi connectivity index (χ1n) is 10.3. The highest BCUT2D eigenvalue weighted by atomic mass is 16.2. The van der Waals surface area contributed by atoms with Crippen molar-refractivity contribution in [3.63, 3.8) is 0 Å². The summed E-state index contributed by atoms with van der Waals surface area (Å²) in [4.78, 5) is 15.2. The van der Waals surface area contributed by atoms with Crippen molar-refractivity contribution >= 4 is 5.91 Å². The number of carbonyl (C=O) groups excluding carboxylic acids is 1. The molecule has 2 aromatic rings. The van der Waals surface area contributed by atoms with Crippen molar-refractivity contribution in [1.82, 2.24) is 20.0 Å². The first kappa shape index (κ1) is 19.6. The monoisotopic (exact) mass is 368 g/mol. The van der Waals surface area contributed by atoms with Crippen molar-refractivity contribution in [2.75, 3.05) is 26.7 Å². The van der Waals surface area contributed by atoms with Crippen LogP contribution in [0.15, 0.2) is 36.5 Å². The van der Waals surface area contributed by atoms with Crippen LogP contribution in [-0.4, -0.2) is 47.3 Å². The van der Waals surface area contributed by atoms with Crippen LogP contribution in [-0.2, 0) is 13.0 Å². The number of nitrogens with one attached hydrogen (secondary N) is 1. The standard InChI is InChI=1S/C22H32N4O/c1-3-7-21-20(16-24-26(21)17-19-8-5-4-6-9-19)22(27)25-14-11-18(12-15-25)10-13-23-2/h4-6,8-9,16,18,23H,3,7,10-15,17H2,1-2H3. The maximum Gasteiger partial charge on any atom is 0.257 e. The molecule has 5 heteroatoms. The number of rotatable bonds is 8. The first-order chi connectivity index (χ1) is 13.2. The predicted octanol–water partition coefficient (Wildman–Crippen LogP) is 3.35. The lowest BCUT2D eigenvalue weighted by molar-refractivity contribution is 0.0686. The van der Waals surface area contributed by atoms with E-state index in [1.165, 1.54) is 12.0 Å². The lowest BCUT2D eigenvalue weighted by atomic mass is 9.93. The van der Waals surface area contributed by atoms with Gasteiger partial charge in [0, 0.05) is 13.1 Å². The lowest BCUT2D eigenvalue weighted by Gasteiger charge is -2.32. The van der Waals surface area contributed by atoms with E-state index in [9.17, 15) is 4.79 Å². The third kappa shape index (κ3) is 4.98. The Kier molecular flexibility index (Phi) is 7.04. The van der Waals surface area contributed by atoms with Crippen LogP contribution in [0.4, 0.5) is 0 Å². The molecule has 1 N–H and O–H groups in total. The molecule has 146 valence electrons. The largest absolute Gasteiger partial charge is 0.339 e. The zero-order valence-corrected chi connectivity index (χ0v) is 16.7. The van der Waals surface area contributed by atoms with Crippen molar-refractivity contribution < 1.29 is 4.79 Å². The Morgan fingerprint density at radius 1 is 1.22 bits per heavy atom. The smallest absolute Gasteiger partial charge is 0.257 e. The van der Waals surface area contributed by atoms with Gasteiger partial charge in [-0.3, -0.25) is 9.48 Å². The molecule has 1 amide bonds. The molecule has 1 fully saturated rings. The molecule has 27 heavy (non-hydrogen) atoms. The lowest BCUT2D eigenvalue weighted by Crippen LogP contribution is -2.39. The van der Waals surface area contributed by atoms with Crippen LogP contribution in [0.1, 0.15) is 54.2 Å². The Hall–Kier alpha value is -2.14. The van der Waals surface area contributed by atoms with E-state index < -0.39 is 0 Å². The van der Waals surface area contributed by atoms with Gasteiger partial charge in [-0.1, -0.05) is 43.7 Å². The molecule has 0 atom stereocenters. The minimum atomic E-state index is 0.157. The van der Waals surface area contributed by atoms with E-state index in [1.807, 2.05) is 34.8 Å². The zero-order valence-electron chi connectivity index (χ0n) is 16.7. The van der Waals surface area contributed by atoms with Gasteiger partial charge in [0.05, 0.1) is 24.0 Å². The molecule has 1 aliphatic heterocycles. The second-order valence-corrected chi connectivity index (χ2v) is 7.53. The minimum absolute atomic E-state index is 0.157. The third-order valence-electron chi connectivity index (χ3n) is 5.55. The number of nitrogens with zero attached hydrogens (tertiary/aromatic N) is 3. The molecule has 1 aromatic heterocycles. The Morgan fingerprint density at radius 2 is 1.96 bits per heavy atom. The number of carbonyl (C=O) groups is 1. The molecular formula is C22H32N4O. The van der Waals surface area contributed by atoms with Gasteiger partial charge in [0.2, 0.25) is 0 Å². The van der Waals surface area contributed by atoms with Crippen LogP contribution in [0.2, 0.25) is 0 Å². The summed E-state index contributed by atoms with van der Waals surface area (Å²) < 4.78 is 2.01. The molecule has 1 aromatic carbocycles. The normalized spacial score (nSPS) is 15.3. The number of hydrogen-bond donors (Lipinski definition) is 1. The molecule has 0 bridgehead atoms. The second-order valence-electron chi connectivity index (χ2n) is 7.53. The van der Waals surface area contributed by atoms with Gasteiger partial charge in [0.15, 0.2) is 0 Å². The Bertz CT molecular complexity index is 717. The number of hydrogen-bond acceptors (Lipinski definition) is 3. The van der Waals surface area contributed by atoms with Crippen LogP contribution in [0, 0.1) is 5.92 Å². The molecule has 1 saturated heterocycles. The van der Waals surface area contributed by atoms with E-state index in [1.54, 1.807) is 6.20 Å². The third-order valence-corrected chi connectivity index (χ3v) is 5.55. The summed E-state index contributed by atoms with van der Waals surface area (Å²) in [5.41, 5.74) is 3.08. The first-order valence-corrected chi connectivity index (χ1v) is 10.3. The average molecular weight is 369 g/mol. The quantitative estimate of drug-likeness (QED) is 0.777. The van der Waals surface area contributed by atoms with Gasteiger partial charge in [0.25, 0.3) is 5.91 Å². The van der Waals surface area contributed by atoms with Crippen molar-refractivity contribution in [3.05, 3.63) is 53.3 Å². The predicted molar refractivity (Wildman–Crippen MR) is 109 cm³/mol. The summed E-state index contributed by atoms with van der Waals surface area (Å²) in [6.07, 6.45) is 7.08. The van der Waals surface area contributed by atoms with E-state index >= 15 is 0 Å². The van der Waals surface area contributed by atoms with Crippen LogP contribution in [0.3, 0.4) is 0 Å². The summed E-state index contributed by atoms with van der Waals surface area (Å²) >= 11 is 0. The van der Waals surface area contributed by atoms with Crippen LogP contribution < -0.4 is 5.32 Å². The van der Waals surface area contributed by atoms with E-state index in [4.69, 9.17) is 0 Å². The SMILES string of the molecule is CCCc1c(C(=O)N2CCC(CCNC)CC2)cnn1Cc1ccccc1. The van der Waals surface area contributed by atoms with Crippen LogP contribution >= 0.6 is 0 Å². The number of piperidine rings is 1. The Balaban J connectivity index is 1.69. The maximum atomic E-state index is 13.1. The summed E-state index contributed by atoms with van der Waals surface area (Å²) in [6, 6.07) is 10.3. The molecule has 1 aliphatic rings. The number of amides is 1. The van der Waals surface area contributed by atoms with E-state index in [0.717, 1.165) is 69.0 Å². The van der Waals surface area contributed by atoms with Gasteiger partial charge < -0.3 is 10.2 Å². The summed E-state index contributed by atoms with van der Waals surface area (Å²) in [7, 11) is 2.00. The maximum absolute atomic E-state index is 13.1. The average Bonchev–Trinajstić information content (AvgIpc) is 3.09. The molecule has 2 heterocycles. The van der Waals surface area contributed by atoms with Gasteiger partial charge in [-0.25, -0.2) is 0 Å². The van der Waals surface area contributed by atoms with E-state index in [-0.39, 0.29) is 5.91 Å². The fraction of sp³-hybridized carbons (Fsp3) is 0.545. The van der Waals surface area contributed by atoms with Crippen LogP contribution in [0.25, 0.3) is 0 Å². The number of aromatic nitrogens is 2. The van der Waals surface area contributed by atoms with Crippen LogP contribution in [0.5, 0.6) is 0 Å². The van der Waals surface area contributed by atoms with E-state index in [2.05, 4.69) is 29.5 Å².